The quantitative estimate of drug-likeness (QED) is 0.817. The van der Waals surface area contributed by atoms with Crippen molar-refractivity contribution in [1.29, 1.82) is 0 Å². The van der Waals surface area contributed by atoms with Crippen molar-refractivity contribution in [1.82, 2.24) is 15.1 Å². The second-order valence-electron chi connectivity index (χ2n) is 5.77. The number of hydrogen-bond acceptors (Lipinski definition) is 3. The number of carbonyl (C=O) groups excluding carboxylic acids is 1. The molecule has 0 saturated carbocycles. The van der Waals surface area contributed by atoms with E-state index in [1.165, 1.54) is 32.2 Å². The van der Waals surface area contributed by atoms with Crippen LogP contribution in [0.1, 0.15) is 39.5 Å². The molecule has 4 heteroatoms. The zero-order valence-electron chi connectivity index (χ0n) is 11.8. The Balaban J connectivity index is 1.73. The maximum Gasteiger partial charge on any atom is 0.219 e. The molecule has 4 nitrogen and oxygen atoms in total. The van der Waals surface area contributed by atoms with E-state index in [4.69, 9.17) is 0 Å². The van der Waals surface area contributed by atoms with Crippen LogP contribution in [0.4, 0.5) is 0 Å². The van der Waals surface area contributed by atoms with Gasteiger partial charge in [-0.05, 0) is 32.7 Å². The molecule has 18 heavy (non-hydrogen) atoms. The molecule has 2 saturated heterocycles. The van der Waals surface area contributed by atoms with Crippen molar-refractivity contribution in [3.05, 3.63) is 0 Å². The average Bonchev–Trinajstić information content (AvgIpc) is 2.40. The van der Waals surface area contributed by atoms with Crippen LogP contribution in [-0.2, 0) is 4.79 Å². The van der Waals surface area contributed by atoms with Crippen LogP contribution in [0.25, 0.3) is 0 Å². The van der Waals surface area contributed by atoms with Crippen LogP contribution in [0.15, 0.2) is 0 Å². The van der Waals surface area contributed by atoms with Crippen molar-refractivity contribution >= 4 is 5.91 Å². The number of carbonyl (C=O) groups is 1. The fourth-order valence-electron chi connectivity index (χ4n) is 3.16. The third-order valence-corrected chi connectivity index (χ3v) is 4.42. The Kier molecular flexibility index (Phi) is 5.01. The number of rotatable bonds is 3. The molecule has 0 aliphatic carbocycles. The van der Waals surface area contributed by atoms with Crippen LogP contribution in [0.2, 0.25) is 0 Å². The molecule has 2 fully saturated rings. The first-order valence-corrected chi connectivity index (χ1v) is 7.40. The van der Waals surface area contributed by atoms with Crippen molar-refractivity contribution in [2.45, 2.75) is 51.6 Å². The lowest BCUT2D eigenvalue weighted by molar-refractivity contribution is -0.130. The lowest BCUT2D eigenvalue weighted by atomic mass is 9.98. The molecule has 2 aliphatic heterocycles. The summed E-state index contributed by atoms with van der Waals surface area (Å²) < 4.78 is 0. The van der Waals surface area contributed by atoms with E-state index in [9.17, 15) is 4.79 Å². The molecule has 2 rings (SSSR count). The van der Waals surface area contributed by atoms with Gasteiger partial charge in [0, 0.05) is 45.2 Å². The van der Waals surface area contributed by atoms with Gasteiger partial charge < -0.3 is 10.2 Å². The number of piperidine rings is 1. The van der Waals surface area contributed by atoms with Crippen LogP contribution in [0.3, 0.4) is 0 Å². The topological polar surface area (TPSA) is 35.6 Å². The highest BCUT2D eigenvalue weighted by Gasteiger charge is 2.24. The number of nitrogens with one attached hydrogen (secondary N) is 1. The Morgan fingerprint density at radius 1 is 1.28 bits per heavy atom. The minimum absolute atomic E-state index is 0.219. The molecule has 1 amide bonds. The fourth-order valence-corrected chi connectivity index (χ4v) is 3.16. The molecule has 0 aromatic rings. The van der Waals surface area contributed by atoms with Crippen LogP contribution < -0.4 is 5.32 Å². The lowest BCUT2D eigenvalue weighted by Crippen LogP contribution is -2.52. The third-order valence-electron chi connectivity index (χ3n) is 4.42. The summed E-state index contributed by atoms with van der Waals surface area (Å²) in [5, 5.41) is 3.62. The Hall–Kier alpha value is -0.610. The molecule has 2 atom stereocenters. The summed E-state index contributed by atoms with van der Waals surface area (Å²) in [5.74, 6) is 0.219. The van der Waals surface area contributed by atoms with Gasteiger partial charge in [-0.15, -0.1) is 0 Å². The van der Waals surface area contributed by atoms with Gasteiger partial charge in [0.1, 0.15) is 0 Å². The third kappa shape index (κ3) is 3.69. The van der Waals surface area contributed by atoms with Gasteiger partial charge in [0.05, 0.1) is 0 Å². The first kappa shape index (κ1) is 13.8. The number of piperazine rings is 1. The Morgan fingerprint density at radius 2 is 2.00 bits per heavy atom. The van der Waals surface area contributed by atoms with Crippen molar-refractivity contribution in [3.63, 3.8) is 0 Å². The zero-order valence-corrected chi connectivity index (χ0v) is 11.8. The van der Waals surface area contributed by atoms with E-state index in [0.29, 0.717) is 12.1 Å². The van der Waals surface area contributed by atoms with Gasteiger partial charge in [-0.3, -0.25) is 9.69 Å². The summed E-state index contributed by atoms with van der Waals surface area (Å²) in [6, 6.07) is 1.34. The normalized spacial score (nSPS) is 28.1. The van der Waals surface area contributed by atoms with Crippen LogP contribution in [-0.4, -0.2) is 60.5 Å². The van der Waals surface area contributed by atoms with Gasteiger partial charge in [0.15, 0.2) is 0 Å². The maximum absolute atomic E-state index is 11.3. The second-order valence-corrected chi connectivity index (χ2v) is 5.77. The monoisotopic (exact) mass is 253 g/mol. The van der Waals surface area contributed by atoms with Gasteiger partial charge in [-0.1, -0.05) is 6.42 Å². The number of hydrogen-bond donors (Lipinski definition) is 1. The summed E-state index contributed by atoms with van der Waals surface area (Å²) in [6.45, 7) is 9.07. The van der Waals surface area contributed by atoms with E-state index in [0.717, 1.165) is 26.2 Å². The number of nitrogens with zero attached hydrogens (tertiary/aromatic N) is 2. The van der Waals surface area contributed by atoms with Crippen molar-refractivity contribution in [2.75, 3.05) is 32.7 Å². The van der Waals surface area contributed by atoms with E-state index >= 15 is 0 Å². The van der Waals surface area contributed by atoms with E-state index in [1.807, 2.05) is 4.90 Å². The van der Waals surface area contributed by atoms with E-state index < -0.39 is 0 Å². The summed E-state index contributed by atoms with van der Waals surface area (Å²) >= 11 is 0. The fraction of sp³-hybridized carbons (Fsp3) is 0.929. The van der Waals surface area contributed by atoms with Crippen LogP contribution in [0.5, 0.6) is 0 Å². The van der Waals surface area contributed by atoms with Gasteiger partial charge in [0.25, 0.3) is 0 Å². The van der Waals surface area contributed by atoms with E-state index in [-0.39, 0.29) is 5.91 Å². The lowest BCUT2D eigenvalue weighted by Gasteiger charge is -2.39. The predicted molar refractivity (Wildman–Crippen MR) is 73.5 cm³/mol. The summed E-state index contributed by atoms with van der Waals surface area (Å²) in [5.41, 5.74) is 0. The van der Waals surface area contributed by atoms with Gasteiger partial charge >= 0.3 is 0 Å². The molecule has 2 aliphatic rings. The molecule has 0 spiro atoms. The molecule has 0 radical (unpaired) electrons. The smallest absolute Gasteiger partial charge is 0.219 e. The van der Waals surface area contributed by atoms with Crippen molar-refractivity contribution in [2.24, 2.45) is 0 Å². The molecule has 104 valence electrons. The van der Waals surface area contributed by atoms with Crippen molar-refractivity contribution in [3.8, 4) is 0 Å². The molecule has 0 aromatic heterocycles. The molecule has 2 heterocycles. The molecular weight excluding hydrogens is 226 g/mol. The standard InChI is InChI=1S/C14H27N3O/c1-12(11-14-5-3-4-6-15-14)16-7-9-17(10-8-16)13(2)18/h12,14-15H,3-11H2,1-2H3. The molecule has 1 N–H and O–H groups in total. The minimum atomic E-state index is 0.219. The second kappa shape index (κ2) is 6.53. The van der Waals surface area contributed by atoms with Crippen molar-refractivity contribution < 1.29 is 4.79 Å². The van der Waals surface area contributed by atoms with Gasteiger partial charge in [0.2, 0.25) is 5.91 Å². The SMILES string of the molecule is CC(=O)N1CCN(C(C)CC2CCCCN2)CC1. The van der Waals surface area contributed by atoms with Gasteiger partial charge in [-0.2, -0.15) is 0 Å². The Morgan fingerprint density at radius 3 is 2.56 bits per heavy atom. The highest BCUT2D eigenvalue weighted by Crippen LogP contribution is 2.16. The van der Waals surface area contributed by atoms with Crippen LogP contribution in [0, 0.1) is 0 Å². The first-order valence-electron chi connectivity index (χ1n) is 7.40. The zero-order chi connectivity index (χ0) is 13.0. The summed E-state index contributed by atoms with van der Waals surface area (Å²) in [6.07, 6.45) is 5.29. The molecular formula is C14H27N3O. The Labute approximate surface area is 111 Å². The number of amides is 1. The highest BCUT2D eigenvalue weighted by atomic mass is 16.2. The molecule has 0 aromatic carbocycles. The average molecular weight is 253 g/mol. The predicted octanol–water partition coefficient (Wildman–Crippen LogP) is 1.07. The summed E-state index contributed by atoms with van der Waals surface area (Å²) in [4.78, 5) is 15.8. The van der Waals surface area contributed by atoms with Crippen LogP contribution >= 0.6 is 0 Å². The largest absolute Gasteiger partial charge is 0.340 e. The van der Waals surface area contributed by atoms with E-state index in [1.54, 1.807) is 6.92 Å². The minimum Gasteiger partial charge on any atom is -0.340 e. The Bertz CT molecular complexity index is 268. The first-order chi connectivity index (χ1) is 8.66. The summed E-state index contributed by atoms with van der Waals surface area (Å²) in [7, 11) is 0. The van der Waals surface area contributed by atoms with E-state index in [2.05, 4.69) is 17.1 Å². The maximum atomic E-state index is 11.3. The highest BCUT2D eigenvalue weighted by molar-refractivity contribution is 5.73. The molecule has 0 bridgehead atoms. The molecule has 2 unspecified atom stereocenters. The van der Waals surface area contributed by atoms with Gasteiger partial charge in [-0.25, -0.2) is 0 Å².